The van der Waals surface area contributed by atoms with Crippen LogP contribution in [0.25, 0.3) is 0 Å². The zero-order chi connectivity index (χ0) is 40.7. The minimum atomic E-state index is 0.444. The number of nitrogens with two attached hydrogens (primary N) is 1. The smallest absolute Gasteiger partial charge is 0.246 e. The Morgan fingerprint density at radius 3 is 1.14 bits per heavy atom. The molecule has 0 unspecified atom stereocenters. The van der Waals surface area contributed by atoms with Crippen LogP contribution in [0, 0.1) is 5.41 Å². The van der Waals surface area contributed by atoms with Crippen molar-refractivity contribution in [2.24, 2.45) is 15.9 Å². The van der Waals surface area contributed by atoms with E-state index in [4.69, 9.17) is 21.3 Å². The van der Waals surface area contributed by atoms with Gasteiger partial charge in [0.2, 0.25) is 5.84 Å². The van der Waals surface area contributed by atoms with Crippen LogP contribution >= 0.6 is 0 Å². The van der Waals surface area contributed by atoms with Gasteiger partial charge in [0.15, 0.2) is 6.67 Å². The maximum Gasteiger partial charge on any atom is 0.246 e. The molecule has 6 rings (SSSR count). The van der Waals surface area contributed by atoms with Gasteiger partial charge in [-0.25, -0.2) is 4.58 Å². The molecule has 0 bridgehead atoms. The van der Waals surface area contributed by atoms with Gasteiger partial charge in [0.05, 0.1) is 19.2 Å². The Morgan fingerprint density at radius 2 is 0.759 bits per heavy atom. The standard InChI is InChI=1S/C48H52N10/c1-39(49)55(45-27-15-7-16-28-45)35-53(43-23-11-5-12-24-43)37-57(47-31-19-9-20-32-47)41(3)51-52-42(4)58(48-33-21-10-22-34-48)38-54(44-25-13-6-14-26-44)36-56(40(2)50)46-29-17-8-18-30-46/h5-34,49-50H,35-38H2,1-4H3/p+1/b49-39?,51-41?,52-42-. The van der Waals surface area contributed by atoms with Gasteiger partial charge in [-0.1, -0.05) is 109 Å². The molecule has 0 radical (unpaired) electrons. The number of nitrogens with zero attached hydrogens (tertiary/aromatic N) is 8. The highest BCUT2D eigenvalue weighted by Crippen LogP contribution is 2.24. The number of para-hydroxylation sites is 6. The highest BCUT2D eigenvalue weighted by Gasteiger charge is 2.22. The largest absolute Gasteiger partial charge is 0.335 e. The van der Waals surface area contributed by atoms with Crippen molar-refractivity contribution in [2.75, 3.05) is 51.2 Å². The first-order valence-corrected chi connectivity index (χ1v) is 19.4. The topological polar surface area (TPSA) is 93.8 Å². The van der Waals surface area contributed by atoms with E-state index in [1.54, 1.807) is 0 Å². The summed E-state index contributed by atoms with van der Waals surface area (Å²) in [5, 5.41) is 18.6. The SMILES string of the molecule is CC(=N)N(CN(CN(C(C)=N/N=C(/C)N(CN(C[N+](=C(C)N)c1ccccc1)c1ccccc1)c1ccccc1)c1ccccc1)c1ccccc1)c1ccccc1. The molecule has 0 saturated carbocycles. The zero-order valence-corrected chi connectivity index (χ0v) is 33.8. The number of hydrogen-bond donors (Lipinski definition) is 2. The summed E-state index contributed by atoms with van der Waals surface area (Å²) in [5.74, 6) is 2.56. The Morgan fingerprint density at radius 1 is 0.448 bits per heavy atom. The van der Waals surface area contributed by atoms with Gasteiger partial charge in [0.25, 0.3) is 0 Å². The van der Waals surface area contributed by atoms with Crippen molar-refractivity contribution in [3.8, 4) is 0 Å². The molecule has 6 aromatic carbocycles. The second-order valence-electron chi connectivity index (χ2n) is 13.9. The molecule has 58 heavy (non-hydrogen) atoms. The van der Waals surface area contributed by atoms with Crippen LogP contribution in [0.3, 0.4) is 0 Å². The number of amidine groups is 4. The number of anilines is 5. The predicted octanol–water partition coefficient (Wildman–Crippen LogP) is 9.82. The molecule has 0 spiro atoms. The number of hydrogen-bond acceptors (Lipinski definition) is 5. The number of benzene rings is 6. The first-order chi connectivity index (χ1) is 28.3. The lowest BCUT2D eigenvalue weighted by Gasteiger charge is -2.37. The van der Waals surface area contributed by atoms with Crippen LogP contribution < -0.4 is 30.2 Å². The summed E-state index contributed by atoms with van der Waals surface area (Å²) in [6.45, 7) is 9.60. The lowest BCUT2D eigenvalue weighted by Crippen LogP contribution is -2.47. The third-order valence-corrected chi connectivity index (χ3v) is 9.71. The van der Waals surface area contributed by atoms with Gasteiger partial charge < -0.3 is 24.5 Å². The summed E-state index contributed by atoms with van der Waals surface area (Å²) in [6, 6.07) is 61.4. The molecule has 6 aromatic rings. The maximum atomic E-state index is 8.73. The highest BCUT2D eigenvalue weighted by atomic mass is 15.4. The van der Waals surface area contributed by atoms with Gasteiger partial charge in [-0.15, -0.1) is 10.2 Å². The fourth-order valence-corrected chi connectivity index (χ4v) is 6.58. The molecule has 3 N–H and O–H groups in total. The fraction of sp³-hybridized carbons (Fsp3) is 0.167. The van der Waals surface area contributed by atoms with E-state index in [0.717, 1.165) is 34.1 Å². The van der Waals surface area contributed by atoms with Crippen LogP contribution in [0.5, 0.6) is 0 Å². The molecular formula is C48H53N10+. The van der Waals surface area contributed by atoms with Gasteiger partial charge in [0, 0.05) is 35.4 Å². The molecule has 0 aliphatic rings. The first kappa shape index (κ1) is 40.5. The van der Waals surface area contributed by atoms with Crippen LogP contribution in [0.4, 0.5) is 34.1 Å². The lowest BCUT2D eigenvalue weighted by molar-refractivity contribution is -0.441. The van der Waals surface area contributed by atoms with Crippen molar-refractivity contribution in [1.29, 1.82) is 5.41 Å². The van der Waals surface area contributed by atoms with Gasteiger partial charge in [0.1, 0.15) is 24.0 Å². The van der Waals surface area contributed by atoms with Crippen LogP contribution in [0.15, 0.2) is 192 Å². The average Bonchev–Trinajstić information content (AvgIpc) is 3.27. The van der Waals surface area contributed by atoms with E-state index in [1.165, 1.54) is 0 Å². The summed E-state index contributed by atoms with van der Waals surface area (Å²) in [5.41, 5.74) is 12.5. The monoisotopic (exact) mass is 769 g/mol. The minimum absolute atomic E-state index is 0.444. The van der Waals surface area contributed by atoms with E-state index < -0.39 is 0 Å². The molecule has 0 fully saturated rings. The molecule has 0 aliphatic heterocycles. The third kappa shape index (κ3) is 10.8. The van der Waals surface area contributed by atoms with Crippen LogP contribution in [0.2, 0.25) is 0 Å². The summed E-state index contributed by atoms with van der Waals surface area (Å²) in [6.07, 6.45) is 0. The first-order valence-electron chi connectivity index (χ1n) is 19.4. The van der Waals surface area contributed by atoms with E-state index in [1.807, 2.05) is 142 Å². The second kappa shape index (κ2) is 20.1. The molecule has 10 heteroatoms. The van der Waals surface area contributed by atoms with Crippen LogP contribution in [-0.4, -0.2) is 54.6 Å². The Bertz CT molecular complexity index is 2260. The lowest BCUT2D eigenvalue weighted by atomic mass is 10.2. The Hall–Kier alpha value is -7.20. The molecule has 294 valence electrons. The van der Waals surface area contributed by atoms with Crippen molar-refractivity contribution >= 4 is 57.5 Å². The summed E-state index contributed by atoms with van der Waals surface area (Å²) >= 11 is 0. The van der Waals surface area contributed by atoms with Crippen LogP contribution in [0.1, 0.15) is 27.7 Å². The normalized spacial score (nSPS) is 12.0. The number of rotatable bonds is 15. The van der Waals surface area contributed by atoms with Gasteiger partial charge >= 0.3 is 0 Å². The molecule has 0 aromatic heterocycles. The van der Waals surface area contributed by atoms with Gasteiger partial charge in [-0.2, -0.15) is 0 Å². The zero-order valence-electron chi connectivity index (χ0n) is 33.8. The van der Waals surface area contributed by atoms with E-state index in [-0.39, 0.29) is 0 Å². The van der Waals surface area contributed by atoms with Crippen LogP contribution in [-0.2, 0) is 0 Å². The fourth-order valence-electron chi connectivity index (χ4n) is 6.58. The van der Waals surface area contributed by atoms with Crippen molar-refractivity contribution in [2.45, 2.75) is 27.7 Å². The summed E-state index contributed by atoms with van der Waals surface area (Å²) in [4.78, 5) is 10.9. The van der Waals surface area contributed by atoms with Gasteiger partial charge in [-0.05, 0) is 93.6 Å². The van der Waals surface area contributed by atoms with Crippen molar-refractivity contribution < 1.29 is 4.58 Å². The molecule has 0 heterocycles. The summed E-state index contributed by atoms with van der Waals surface area (Å²) in [7, 11) is 0. The third-order valence-electron chi connectivity index (χ3n) is 9.71. The quantitative estimate of drug-likeness (QED) is 0.0355. The van der Waals surface area contributed by atoms with E-state index in [9.17, 15) is 0 Å². The predicted molar refractivity (Wildman–Crippen MR) is 245 cm³/mol. The molecule has 0 atom stereocenters. The molecule has 10 nitrogen and oxygen atoms in total. The maximum absolute atomic E-state index is 8.73. The minimum Gasteiger partial charge on any atom is -0.335 e. The van der Waals surface area contributed by atoms with E-state index >= 15 is 0 Å². The Kier molecular flexibility index (Phi) is 14.0. The Labute approximate surface area is 343 Å². The Balaban J connectivity index is 1.36. The molecule has 0 amide bonds. The average molecular weight is 770 g/mol. The molecule has 0 saturated heterocycles. The van der Waals surface area contributed by atoms with E-state index in [2.05, 4.69) is 97.0 Å². The number of nitrogens with one attached hydrogen (secondary N) is 1. The van der Waals surface area contributed by atoms with Crippen molar-refractivity contribution in [1.82, 2.24) is 0 Å². The highest BCUT2D eigenvalue weighted by molar-refractivity contribution is 5.99. The molecular weight excluding hydrogens is 717 g/mol. The van der Waals surface area contributed by atoms with E-state index in [0.29, 0.717) is 50.0 Å². The van der Waals surface area contributed by atoms with Crippen molar-refractivity contribution in [3.63, 3.8) is 0 Å². The molecule has 0 aliphatic carbocycles. The second-order valence-corrected chi connectivity index (χ2v) is 13.9. The van der Waals surface area contributed by atoms with Crippen molar-refractivity contribution in [3.05, 3.63) is 182 Å². The summed E-state index contributed by atoms with van der Waals surface area (Å²) < 4.78 is 2.11. The van der Waals surface area contributed by atoms with Gasteiger partial charge in [-0.3, -0.25) is 11.1 Å².